The summed E-state index contributed by atoms with van der Waals surface area (Å²) in [6.07, 6.45) is 1.80. The molecule has 0 radical (unpaired) electrons. The van der Waals surface area contributed by atoms with E-state index in [-0.39, 0.29) is 12.0 Å². The molecule has 2 rings (SSSR count). The SMILES string of the molecule is N#Cc1ccc(OC2CN(C(=O)CCCl)C2)nc1. The van der Waals surface area contributed by atoms with Gasteiger partial charge in [-0.2, -0.15) is 5.26 Å². The van der Waals surface area contributed by atoms with Crippen LogP contribution in [0.2, 0.25) is 0 Å². The van der Waals surface area contributed by atoms with Gasteiger partial charge < -0.3 is 9.64 Å². The third kappa shape index (κ3) is 2.90. The summed E-state index contributed by atoms with van der Waals surface area (Å²) in [6.45, 7) is 1.13. The second-order valence-corrected chi connectivity index (χ2v) is 4.35. The summed E-state index contributed by atoms with van der Waals surface area (Å²) in [5, 5.41) is 8.63. The minimum Gasteiger partial charge on any atom is -0.471 e. The number of nitriles is 1. The predicted octanol–water partition coefficient (Wildman–Crippen LogP) is 1.17. The van der Waals surface area contributed by atoms with Gasteiger partial charge in [0.15, 0.2) is 0 Å². The van der Waals surface area contributed by atoms with Crippen LogP contribution in [-0.4, -0.2) is 40.9 Å². The summed E-state index contributed by atoms with van der Waals surface area (Å²) in [4.78, 5) is 17.2. The van der Waals surface area contributed by atoms with Crippen LogP contribution in [0.25, 0.3) is 0 Å². The molecule has 1 amide bonds. The van der Waals surface area contributed by atoms with E-state index in [1.807, 2.05) is 6.07 Å². The first-order valence-electron chi connectivity index (χ1n) is 5.59. The smallest absolute Gasteiger partial charge is 0.224 e. The Morgan fingerprint density at radius 2 is 2.39 bits per heavy atom. The first kappa shape index (κ1) is 12.7. The first-order valence-corrected chi connectivity index (χ1v) is 6.13. The number of pyridine rings is 1. The topological polar surface area (TPSA) is 66.2 Å². The lowest BCUT2D eigenvalue weighted by Gasteiger charge is -2.38. The number of nitrogens with zero attached hydrogens (tertiary/aromatic N) is 3. The Balaban J connectivity index is 1.79. The zero-order chi connectivity index (χ0) is 13.0. The standard InChI is InChI=1S/C12H12ClN3O2/c13-4-3-12(17)16-7-10(8-16)18-11-2-1-9(5-14)6-15-11/h1-2,6,10H,3-4,7-8H2. The maximum Gasteiger partial charge on any atom is 0.224 e. The number of aromatic nitrogens is 1. The number of likely N-dealkylation sites (tertiary alicyclic amines) is 1. The number of amides is 1. The summed E-state index contributed by atoms with van der Waals surface area (Å²) in [5.41, 5.74) is 0.495. The molecule has 0 atom stereocenters. The molecule has 5 nitrogen and oxygen atoms in total. The number of rotatable bonds is 4. The van der Waals surface area contributed by atoms with E-state index in [2.05, 4.69) is 4.98 Å². The highest BCUT2D eigenvalue weighted by Crippen LogP contribution is 2.17. The fourth-order valence-electron chi connectivity index (χ4n) is 1.64. The number of alkyl halides is 1. The van der Waals surface area contributed by atoms with Crippen LogP contribution in [0.5, 0.6) is 5.88 Å². The van der Waals surface area contributed by atoms with Gasteiger partial charge in [0.25, 0.3) is 0 Å². The van der Waals surface area contributed by atoms with Crippen LogP contribution in [0.15, 0.2) is 18.3 Å². The summed E-state index contributed by atoms with van der Waals surface area (Å²) in [7, 11) is 0. The second-order valence-electron chi connectivity index (χ2n) is 3.97. The lowest BCUT2D eigenvalue weighted by atomic mass is 10.1. The van der Waals surface area contributed by atoms with Gasteiger partial charge in [0.2, 0.25) is 11.8 Å². The van der Waals surface area contributed by atoms with E-state index in [1.165, 1.54) is 6.20 Å². The molecule has 0 aromatic carbocycles. The van der Waals surface area contributed by atoms with Crippen LogP contribution in [0.1, 0.15) is 12.0 Å². The summed E-state index contributed by atoms with van der Waals surface area (Å²) in [6, 6.07) is 5.29. The van der Waals surface area contributed by atoms with Gasteiger partial charge in [-0.3, -0.25) is 4.79 Å². The van der Waals surface area contributed by atoms with Gasteiger partial charge in [0.05, 0.1) is 18.7 Å². The molecule has 6 heteroatoms. The van der Waals surface area contributed by atoms with Gasteiger partial charge in [0, 0.05) is 24.6 Å². The Morgan fingerprint density at radius 1 is 1.61 bits per heavy atom. The Kier molecular flexibility index (Phi) is 4.00. The van der Waals surface area contributed by atoms with Crippen molar-refractivity contribution in [2.45, 2.75) is 12.5 Å². The van der Waals surface area contributed by atoms with Crippen molar-refractivity contribution in [3.8, 4) is 11.9 Å². The largest absolute Gasteiger partial charge is 0.471 e. The van der Waals surface area contributed by atoms with E-state index in [0.717, 1.165) is 0 Å². The molecule has 1 aliphatic heterocycles. The van der Waals surface area contributed by atoms with Gasteiger partial charge in [-0.25, -0.2) is 4.98 Å². The molecule has 0 spiro atoms. The van der Waals surface area contributed by atoms with E-state index >= 15 is 0 Å². The van der Waals surface area contributed by atoms with Crippen molar-refractivity contribution >= 4 is 17.5 Å². The highest BCUT2D eigenvalue weighted by atomic mass is 35.5. The molecule has 1 aliphatic rings. The molecule has 1 fully saturated rings. The maximum absolute atomic E-state index is 11.4. The maximum atomic E-state index is 11.4. The first-order chi connectivity index (χ1) is 8.72. The van der Waals surface area contributed by atoms with Crippen LogP contribution < -0.4 is 4.74 Å². The van der Waals surface area contributed by atoms with Gasteiger partial charge in [-0.15, -0.1) is 11.6 Å². The van der Waals surface area contributed by atoms with Crippen LogP contribution >= 0.6 is 11.6 Å². The predicted molar refractivity (Wildman–Crippen MR) is 65.3 cm³/mol. The molecule has 0 bridgehead atoms. The second kappa shape index (κ2) is 5.69. The lowest BCUT2D eigenvalue weighted by Crippen LogP contribution is -2.56. The van der Waals surface area contributed by atoms with Crippen molar-refractivity contribution in [2.24, 2.45) is 0 Å². The molecular formula is C12H12ClN3O2. The zero-order valence-electron chi connectivity index (χ0n) is 9.67. The van der Waals surface area contributed by atoms with Crippen molar-refractivity contribution in [1.29, 1.82) is 5.26 Å². The monoisotopic (exact) mass is 265 g/mol. The van der Waals surface area contributed by atoms with E-state index in [0.29, 0.717) is 36.8 Å². The highest BCUT2D eigenvalue weighted by molar-refractivity contribution is 6.18. The van der Waals surface area contributed by atoms with Crippen molar-refractivity contribution in [3.63, 3.8) is 0 Å². The number of hydrogen-bond donors (Lipinski definition) is 0. The van der Waals surface area contributed by atoms with Crippen LogP contribution in [0, 0.1) is 11.3 Å². The Bertz CT molecular complexity index is 463. The van der Waals surface area contributed by atoms with Crippen LogP contribution in [-0.2, 0) is 4.79 Å². The van der Waals surface area contributed by atoms with Crippen molar-refractivity contribution in [2.75, 3.05) is 19.0 Å². The third-order valence-electron chi connectivity index (χ3n) is 2.66. The molecule has 1 saturated heterocycles. The van der Waals surface area contributed by atoms with E-state index in [1.54, 1.807) is 17.0 Å². The lowest BCUT2D eigenvalue weighted by molar-refractivity contribution is -0.139. The molecular weight excluding hydrogens is 254 g/mol. The summed E-state index contributed by atoms with van der Waals surface area (Å²) < 4.78 is 5.56. The van der Waals surface area contributed by atoms with Gasteiger partial charge in [0.1, 0.15) is 12.2 Å². The van der Waals surface area contributed by atoms with Crippen LogP contribution in [0.3, 0.4) is 0 Å². The fraction of sp³-hybridized carbons (Fsp3) is 0.417. The molecule has 0 N–H and O–H groups in total. The molecule has 1 aromatic rings. The summed E-state index contributed by atoms with van der Waals surface area (Å²) >= 11 is 5.50. The van der Waals surface area contributed by atoms with Crippen molar-refractivity contribution < 1.29 is 9.53 Å². The zero-order valence-corrected chi connectivity index (χ0v) is 10.4. The Hall–Kier alpha value is -1.80. The molecule has 1 aromatic heterocycles. The van der Waals surface area contributed by atoms with E-state index in [4.69, 9.17) is 21.6 Å². The Labute approximate surface area is 110 Å². The minimum absolute atomic E-state index is 0.0234. The van der Waals surface area contributed by atoms with Crippen LogP contribution in [0.4, 0.5) is 0 Å². The number of carbonyl (C=O) groups is 1. The summed E-state index contributed by atoms with van der Waals surface area (Å²) in [5.74, 6) is 0.874. The number of halogens is 1. The molecule has 94 valence electrons. The number of hydrogen-bond acceptors (Lipinski definition) is 4. The fourth-order valence-corrected chi connectivity index (χ4v) is 1.80. The van der Waals surface area contributed by atoms with Gasteiger partial charge in [-0.1, -0.05) is 0 Å². The number of ether oxygens (including phenoxy) is 1. The molecule has 0 saturated carbocycles. The van der Waals surface area contributed by atoms with Gasteiger partial charge >= 0.3 is 0 Å². The molecule has 0 unspecified atom stereocenters. The molecule has 18 heavy (non-hydrogen) atoms. The Morgan fingerprint density at radius 3 is 2.94 bits per heavy atom. The average Bonchev–Trinajstić information content (AvgIpc) is 2.34. The molecule has 2 heterocycles. The normalized spacial score (nSPS) is 14.8. The quantitative estimate of drug-likeness (QED) is 0.767. The highest BCUT2D eigenvalue weighted by Gasteiger charge is 2.31. The average molecular weight is 266 g/mol. The van der Waals surface area contributed by atoms with Crippen molar-refractivity contribution in [1.82, 2.24) is 9.88 Å². The van der Waals surface area contributed by atoms with E-state index in [9.17, 15) is 4.79 Å². The van der Waals surface area contributed by atoms with Gasteiger partial charge in [-0.05, 0) is 6.07 Å². The third-order valence-corrected chi connectivity index (χ3v) is 2.85. The molecule has 0 aliphatic carbocycles. The van der Waals surface area contributed by atoms with E-state index < -0.39 is 0 Å². The number of carbonyl (C=O) groups excluding carboxylic acids is 1. The van der Waals surface area contributed by atoms with Crippen molar-refractivity contribution in [3.05, 3.63) is 23.9 Å². The minimum atomic E-state index is -0.0234.